The molecule has 0 aliphatic heterocycles. The number of hydrazone groups is 1. The van der Waals surface area contributed by atoms with Crippen LogP contribution < -0.4 is 15.5 Å². The highest BCUT2D eigenvalue weighted by Gasteiger charge is 2.61. The van der Waals surface area contributed by atoms with Gasteiger partial charge in [-0.05, 0) is 111 Å². The maximum Gasteiger partial charge on any atom is 0.157 e. The second-order valence-electron chi connectivity index (χ2n) is 13.1. The number of ketones is 1. The third-order valence-corrected chi connectivity index (χ3v) is 11.3. The SMILES string of the molecule is C=NN(CC(=O)[C@H]1CC[C@H]2C3CC[C@@H]4C[C@](C)(O)CC[C@]4(C)[C@H]3CC[C@]12C)c1ccc(OC)cc1N. The number of carbonyl (C=O) groups excluding carboxylic acids is 1. The quantitative estimate of drug-likeness (QED) is 0.301. The van der Waals surface area contributed by atoms with Crippen LogP contribution in [-0.4, -0.2) is 36.9 Å². The molecule has 1 aromatic rings. The van der Waals surface area contributed by atoms with E-state index in [0.717, 1.165) is 44.4 Å². The van der Waals surface area contributed by atoms with Gasteiger partial charge in [0.05, 0.1) is 24.1 Å². The number of hydrogen-bond acceptors (Lipinski definition) is 6. The number of fused-ring (bicyclic) bond motifs is 5. The third kappa shape index (κ3) is 4.04. The molecule has 1 aromatic carbocycles. The maximum atomic E-state index is 13.8. The number of aliphatic hydroxyl groups is 1. The van der Waals surface area contributed by atoms with Gasteiger partial charge in [0, 0.05) is 18.7 Å². The number of methoxy groups -OCH3 is 1. The van der Waals surface area contributed by atoms with Crippen molar-refractivity contribution in [3.63, 3.8) is 0 Å². The van der Waals surface area contributed by atoms with E-state index in [0.29, 0.717) is 40.3 Å². The number of nitrogens with two attached hydrogens (primary N) is 1. The van der Waals surface area contributed by atoms with E-state index in [1.807, 2.05) is 19.1 Å². The zero-order chi connectivity index (χ0) is 25.9. The van der Waals surface area contributed by atoms with E-state index in [9.17, 15) is 9.90 Å². The lowest BCUT2D eigenvalue weighted by molar-refractivity contribution is -0.150. The van der Waals surface area contributed by atoms with Crippen LogP contribution in [0.4, 0.5) is 11.4 Å². The molecule has 0 saturated heterocycles. The largest absolute Gasteiger partial charge is 0.497 e. The summed E-state index contributed by atoms with van der Waals surface area (Å²) in [7, 11) is 1.61. The Morgan fingerprint density at radius 2 is 1.86 bits per heavy atom. The molecular weight excluding hydrogens is 450 g/mol. The lowest BCUT2D eigenvalue weighted by Gasteiger charge is -2.61. The van der Waals surface area contributed by atoms with Crippen LogP contribution >= 0.6 is 0 Å². The highest BCUT2D eigenvalue weighted by Crippen LogP contribution is 2.68. The fourth-order valence-electron chi connectivity index (χ4n) is 9.32. The summed E-state index contributed by atoms with van der Waals surface area (Å²) in [4.78, 5) is 13.8. The number of anilines is 2. The molecule has 3 N–H and O–H groups in total. The Balaban J connectivity index is 1.32. The normalized spacial score (nSPS) is 41.5. The van der Waals surface area contributed by atoms with E-state index < -0.39 is 5.60 Å². The molecule has 0 amide bonds. The van der Waals surface area contributed by atoms with E-state index >= 15 is 0 Å². The van der Waals surface area contributed by atoms with E-state index in [2.05, 4.69) is 25.7 Å². The van der Waals surface area contributed by atoms with Crippen molar-refractivity contribution in [2.45, 2.75) is 84.2 Å². The fourth-order valence-corrected chi connectivity index (χ4v) is 9.32. The van der Waals surface area contributed by atoms with Crippen molar-refractivity contribution < 1.29 is 14.6 Å². The summed E-state index contributed by atoms with van der Waals surface area (Å²) in [6.45, 7) is 10.9. The van der Waals surface area contributed by atoms with Gasteiger partial charge in [0.1, 0.15) is 12.3 Å². The molecule has 0 heterocycles. The molecule has 4 saturated carbocycles. The highest BCUT2D eigenvalue weighted by molar-refractivity contribution is 5.88. The van der Waals surface area contributed by atoms with Crippen LogP contribution in [0, 0.1) is 40.4 Å². The summed E-state index contributed by atoms with van der Waals surface area (Å²) in [5.74, 6) is 3.68. The van der Waals surface area contributed by atoms with Crippen LogP contribution in [0.25, 0.3) is 0 Å². The smallest absolute Gasteiger partial charge is 0.157 e. The predicted octanol–water partition coefficient (Wildman–Crippen LogP) is 5.68. The van der Waals surface area contributed by atoms with Crippen molar-refractivity contribution in [3.8, 4) is 5.75 Å². The monoisotopic (exact) mass is 495 g/mol. The maximum absolute atomic E-state index is 13.8. The van der Waals surface area contributed by atoms with Gasteiger partial charge in [0.15, 0.2) is 5.78 Å². The van der Waals surface area contributed by atoms with Gasteiger partial charge in [0.2, 0.25) is 0 Å². The Bertz CT molecular complexity index is 1020. The Hall–Kier alpha value is -2.08. The van der Waals surface area contributed by atoms with E-state index in [1.54, 1.807) is 18.2 Å². The minimum absolute atomic E-state index is 0.0555. The molecule has 5 rings (SSSR count). The molecule has 4 aliphatic rings. The summed E-state index contributed by atoms with van der Waals surface area (Å²) in [6, 6.07) is 5.44. The molecule has 0 bridgehead atoms. The van der Waals surface area contributed by atoms with Gasteiger partial charge < -0.3 is 15.6 Å². The van der Waals surface area contributed by atoms with Crippen LogP contribution in [0.3, 0.4) is 0 Å². The van der Waals surface area contributed by atoms with Crippen LogP contribution in [-0.2, 0) is 4.79 Å². The van der Waals surface area contributed by atoms with Crippen molar-refractivity contribution in [1.29, 1.82) is 0 Å². The Morgan fingerprint density at radius 3 is 2.56 bits per heavy atom. The molecule has 4 fully saturated rings. The topological polar surface area (TPSA) is 88.2 Å². The number of nitrogens with zero attached hydrogens (tertiary/aromatic N) is 2. The highest BCUT2D eigenvalue weighted by atomic mass is 16.5. The zero-order valence-electron chi connectivity index (χ0n) is 22.6. The molecule has 0 aromatic heterocycles. The van der Waals surface area contributed by atoms with Gasteiger partial charge >= 0.3 is 0 Å². The van der Waals surface area contributed by atoms with Gasteiger partial charge in [-0.3, -0.25) is 9.80 Å². The van der Waals surface area contributed by atoms with Gasteiger partial charge in [-0.1, -0.05) is 13.8 Å². The van der Waals surface area contributed by atoms with Crippen molar-refractivity contribution in [2.75, 3.05) is 24.4 Å². The van der Waals surface area contributed by atoms with E-state index in [-0.39, 0.29) is 23.7 Å². The number of rotatable bonds is 6. The van der Waals surface area contributed by atoms with Gasteiger partial charge in [-0.25, -0.2) is 0 Å². The lowest BCUT2D eigenvalue weighted by atomic mass is 9.44. The standard InChI is InChI=1S/C30H45N3O3/c1-28(35)14-15-29(2)19(17-28)6-8-21-22-9-10-24(30(22,3)13-12-23(21)29)27(34)18-33(32-4)26-11-7-20(36-5)16-25(26)31/h7,11,16,19,21-24,35H,4,6,8-10,12-15,17-18,31H2,1-3,5H3/t19-,21?,22+,23+,24-,28-,29+,30+/m1/s1. The van der Waals surface area contributed by atoms with Crippen molar-refractivity contribution in [1.82, 2.24) is 0 Å². The number of nitrogen functional groups attached to an aromatic ring is 1. The van der Waals surface area contributed by atoms with Crippen LogP contribution in [0.2, 0.25) is 0 Å². The van der Waals surface area contributed by atoms with E-state index in [1.165, 1.54) is 19.3 Å². The number of hydrogen-bond donors (Lipinski definition) is 2. The molecule has 0 spiro atoms. The Labute approximate surface area is 216 Å². The summed E-state index contributed by atoms with van der Waals surface area (Å²) < 4.78 is 5.27. The fraction of sp³-hybridized carbons (Fsp3) is 0.733. The van der Waals surface area contributed by atoms with Gasteiger partial charge in [0.25, 0.3) is 0 Å². The zero-order valence-corrected chi connectivity index (χ0v) is 22.6. The third-order valence-electron chi connectivity index (χ3n) is 11.3. The van der Waals surface area contributed by atoms with Crippen LogP contribution in [0.15, 0.2) is 23.3 Å². The van der Waals surface area contributed by atoms with Crippen LogP contribution in [0.5, 0.6) is 5.75 Å². The summed E-state index contributed by atoms with van der Waals surface area (Å²) >= 11 is 0. The number of Topliss-reactive ketones (excluding diaryl/α,β-unsaturated/α-hetero) is 1. The molecule has 6 nitrogen and oxygen atoms in total. The van der Waals surface area contributed by atoms with Crippen LogP contribution in [0.1, 0.15) is 78.6 Å². The predicted molar refractivity (Wildman–Crippen MR) is 145 cm³/mol. The summed E-state index contributed by atoms with van der Waals surface area (Å²) in [6.07, 6.45) is 9.96. The molecule has 8 atom stereocenters. The Morgan fingerprint density at radius 1 is 1.11 bits per heavy atom. The molecule has 1 unspecified atom stereocenters. The van der Waals surface area contributed by atoms with E-state index in [4.69, 9.17) is 10.5 Å². The first kappa shape index (κ1) is 25.6. The average molecular weight is 496 g/mol. The first-order chi connectivity index (χ1) is 17.0. The average Bonchev–Trinajstić information content (AvgIpc) is 3.20. The molecule has 36 heavy (non-hydrogen) atoms. The second-order valence-corrected chi connectivity index (χ2v) is 13.1. The number of benzene rings is 1. The minimum atomic E-state index is -0.497. The molecule has 0 radical (unpaired) electrons. The molecule has 198 valence electrons. The van der Waals surface area contributed by atoms with Gasteiger partial charge in [-0.15, -0.1) is 0 Å². The number of carbonyl (C=O) groups is 1. The lowest BCUT2D eigenvalue weighted by Crippen LogP contribution is -2.55. The molecule has 6 heteroatoms. The number of ether oxygens (including phenoxy) is 1. The van der Waals surface area contributed by atoms with Crippen molar-refractivity contribution >= 4 is 23.9 Å². The second kappa shape index (κ2) is 9.04. The minimum Gasteiger partial charge on any atom is -0.497 e. The first-order valence-electron chi connectivity index (χ1n) is 14.0. The summed E-state index contributed by atoms with van der Waals surface area (Å²) in [5, 5.41) is 16.6. The summed E-state index contributed by atoms with van der Waals surface area (Å²) in [5.41, 5.74) is 7.38. The van der Waals surface area contributed by atoms with Crippen molar-refractivity contribution in [3.05, 3.63) is 18.2 Å². The molecule has 4 aliphatic carbocycles. The van der Waals surface area contributed by atoms with Gasteiger partial charge in [-0.2, -0.15) is 5.10 Å². The Kier molecular flexibility index (Phi) is 6.42. The first-order valence-corrected chi connectivity index (χ1v) is 14.0. The van der Waals surface area contributed by atoms with Crippen molar-refractivity contribution in [2.24, 2.45) is 45.5 Å². The molecular formula is C30H45N3O3.